The van der Waals surface area contributed by atoms with E-state index >= 15 is 0 Å². The molecular weight excluding hydrogens is 452 g/mol. The van der Waals surface area contributed by atoms with E-state index in [4.69, 9.17) is 4.74 Å². The molecular formula is C25H24N4O4S. The third kappa shape index (κ3) is 5.14. The Morgan fingerprint density at radius 1 is 1.15 bits per heavy atom. The molecule has 1 fully saturated rings. The van der Waals surface area contributed by atoms with Crippen LogP contribution in [-0.4, -0.2) is 43.8 Å². The summed E-state index contributed by atoms with van der Waals surface area (Å²) in [6, 6.07) is 12.3. The number of aromatic nitrogens is 2. The monoisotopic (exact) mass is 476 g/mol. The Morgan fingerprint density at radius 3 is 2.62 bits per heavy atom. The average Bonchev–Trinajstić information content (AvgIpc) is 2.85. The number of anilines is 1. The minimum Gasteiger partial charge on any atom is -0.381 e. The van der Waals surface area contributed by atoms with Crippen LogP contribution in [0.25, 0.3) is 11.1 Å². The summed E-state index contributed by atoms with van der Waals surface area (Å²) < 4.78 is 28.9. The Hall–Kier alpha value is -3.61. The molecule has 1 amide bonds. The quantitative estimate of drug-likeness (QED) is 0.593. The van der Waals surface area contributed by atoms with Crippen LogP contribution in [0.1, 0.15) is 45.9 Å². The predicted octanol–water partition coefficient (Wildman–Crippen LogP) is 3.87. The molecule has 0 bridgehead atoms. The minimum atomic E-state index is -3.53. The smallest absolute Gasteiger partial charge is 0.255 e. The Morgan fingerprint density at radius 2 is 1.91 bits per heavy atom. The summed E-state index contributed by atoms with van der Waals surface area (Å²) in [6.45, 7) is 3.28. The van der Waals surface area contributed by atoms with Crippen molar-refractivity contribution in [3.05, 3.63) is 71.2 Å². The first-order valence-corrected chi connectivity index (χ1v) is 12.7. The number of hydrogen-bond acceptors (Lipinski definition) is 7. The summed E-state index contributed by atoms with van der Waals surface area (Å²) in [5, 5.41) is 12.4. The fourth-order valence-corrected chi connectivity index (χ4v) is 4.57. The van der Waals surface area contributed by atoms with E-state index in [1.165, 1.54) is 18.3 Å². The van der Waals surface area contributed by atoms with E-state index < -0.39 is 15.7 Å². The van der Waals surface area contributed by atoms with E-state index in [1.807, 2.05) is 25.1 Å². The van der Waals surface area contributed by atoms with Gasteiger partial charge < -0.3 is 10.1 Å². The number of carbonyl (C=O) groups is 1. The highest BCUT2D eigenvalue weighted by Gasteiger charge is 2.21. The SMILES string of the molecule is Cc1ccc(NC(=O)c2ccnc(S(C)(=O)=O)c2)cc1-c1cnc(C2CCOCC2)c(C#N)c1. The fourth-order valence-electron chi connectivity index (χ4n) is 3.98. The van der Waals surface area contributed by atoms with Gasteiger partial charge in [-0.15, -0.1) is 0 Å². The number of ether oxygens (including phenoxy) is 1. The lowest BCUT2D eigenvalue weighted by molar-refractivity contribution is 0.0844. The lowest BCUT2D eigenvalue weighted by atomic mass is 9.91. The van der Waals surface area contributed by atoms with E-state index in [0.717, 1.165) is 41.5 Å². The first-order valence-electron chi connectivity index (χ1n) is 10.8. The van der Waals surface area contributed by atoms with Gasteiger partial charge >= 0.3 is 0 Å². The minimum absolute atomic E-state index is 0.163. The van der Waals surface area contributed by atoms with Crippen molar-refractivity contribution in [3.63, 3.8) is 0 Å². The molecule has 3 aromatic rings. The standard InChI is InChI=1S/C25H24N4O4S/c1-16-3-4-21(29-25(30)18-5-8-27-23(12-18)34(2,31)32)13-22(16)20-11-19(14-26)24(28-15-20)17-6-9-33-10-7-17/h3-5,8,11-13,15,17H,6-7,9-10H2,1-2H3,(H,29,30). The summed E-state index contributed by atoms with van der Waals surface area (Å²) in [5.74, 6) is -0.242. The van der Waals surface area contributed by atoms with Gasteiger partial charge in [-0.05, 0) is 61.2 Å². The summed E-state index contributed by atoms with van der Waals surface area (Å²) in [7, 11) is -3.53. The van der Waals surface area contributed by atoms with Gasteiger partial charge in [-0.2, -0.15) is 5.26 Å². The van der Waals surface area contributed by atoms with Crippen LogP contribution in [0.5, 0.6) is 0 Å². The normalized spacial score (nSPS) is 14.4. The van der Waals surface area contributed by atoms with Gasteiger partial charge in [-0.3, -0.25) is 9.78 Å². The first-order chi connectivity index (χ1) is 16.3. The molecule has 9 heteroatoms. The van der Waals surface area contributed by atoms with Crippen molar-refractivity contribution in [2.75, 3.05) is 24.8 Å². The molecule has 3 heterocycles. The Kier molecular flexibility index (Phi) is 6.72. The van der Waals surface area contributed by atoms with Gasteiger partial charge in [0.15, 0.2) is 14.9 Å². The molecule has 1 aliphatic rings. The van der Waals surface area contributed by atoms with Gasteiger partial charge in [-0.1, -0.05) is 6.07 Å². The average molecular weight is 477 g/mol. The zero-order chi connectivity index (χ0) is 24.3. The number of aryl methyl sites for hydroxylation is 1. The molecule has 0 atom stereocenters. The highest BCUT2D eigenvalue weighted by Crippen LogP contribution is 2.32. The summed E-state index contributed by atoms with van der Waals surface area (Å²) >= 11 is 0. The molecule has 1 aromatic carbocycles. The summed E-state index contributed by atoms with van der Waals surface area (Å²) in [4.78, 5) is 21.2. The lowest BCUT2D eigenvalue weighted by Gasteiger charge is -2.22. The number of pyridine rings is 2. The molecule has 0 aliphatic carbocycles. The van der Waals surface area contributed by atoms with Gasteiger partial charge in [0.2, 0.25) is 0 Å². The van der Waals surface area contributed by atoms with E-state index in [2.05, 4.69) is 21.4 Å². The Bertz CT molecular complexity index is 1390. The first kappa shape index (κ1) is 23.5. The molecule has 1 saturated heterocycles. The number of carbonyl (C=O) groups excluding carboxylic acids is 1. The van der Waals surface area contributed by atoms with Crippen molar-refractivity contribution in [2.24, 2.45) is 0 Å². The van der Waals surface area contributed by atoms with Gasteiger partial charge in [-0.25, -0.2) is 13.4 Å². The number of rotatable bonds is 5. The maximum Gasteiger partial charge on any atom is 0.255 e. The maximum atomic E-state index is 12.7. The van der Waals surface area contributed by atoms with E-state index in [1.54, 1.807) is 12.3 Å². The van der Waals surface area contributed by atoms with Crippen LogP contribution in [0.2, 0.25) is 0 Å². The molecule has 1 N–H and O–H groups in total. The Balaban J connectivity index is 1.61. The number of amides is 1. The highest BCUT2D eigenvalue weighted by atomic mass is 32.2. The molecule has 1 aliphatic heterocycles. The second kappa shape index (κ2) is 9.71. The molecule has 8 nitrogen and oxygen atoms in total. The van der Waals surface area contributed by atoms with Crippen molar-refractivity contribution in [2.45, 2.75) is 30.7 Å². The van der Waals surface area contributed by atoms with Crippen molar-refractivity contribution in [1.82, 2.24) is 9.97 Å². The van der Waals surface area contributed by atoms with Crippen molar-refractivity contribution < 1.29 is 17.9 Å². The van der Waals surface area contributed by atoms with Gasteiger partial charge in [0, 0.05) is 54.6 Å². The molecule has 0 spiro atoms. The molecule has 174 valence electrons. The van der Waals surface area contributed by atoms with Crippen LogP contribution in [0.15, 0.2) is 53.8 Å². The molecule has 34 heavy (non-hydrogen) atoms. The molecule has 0 saturated carbocycles. The molecule has 0 radical (unpaired) electrons. The van der Waals surface area contributed by atoms with Crippen LogP contribution in [0.4, 0.5) is 5.69 Å². The van der Waals surface area contributed by atoms with E-state index in [0.29, 0.717) is 24.5 Å². The second-order valence-electron chi connectivity index (χ2n) is 8.29. The van der Waals surface area contributed by atoms with Crippen LogP contribution < -0.4 is 5.32 Å². The maximum absolute atomic E-state index is 12.7. The summed E-state index contributed by atoms with van der Waals surface area (Å²) in [6.07, 6.45) is 5.79. The van der Waals surface area contributed by atoms with Gasteiger partial charge in [0.05, 0.1) is 11.3 Å². The highest BCUT2D eigenvalue weighted by molar-refractivity contribution is 7.90. The number of benzene rings is 1. The van der Waals surface area contributed by atoms with Crippen molar-refractivity contribution in [1.29, 1.82) is 5.26 Å². The van der Waals surface area contributed by atoms with Crippen LogP contribution in [-0.2, 0) is 14.6 Å². The molecule has 2 aromatic heterocycles. The zero-order valence-corrected chi connectivity index (χ0v) is 19.7. The molecule has 4 rings (SSSR count). The zero-order valence-electron chi connectivity index (χ0n) is 18.9. The van der Waals surface area contributed by atoms with Crippen molar-refractivity contribution >= 4 is 21.4 Å². The second-order valence-corrected chi connectivity index (χ2v) is 10.3. The predicted molar refractivity (Wildman–Crippen MR) is 127 cm³/mol. The third-order valence-electron chi connectivity index (χ3n) is 5.83. The van der Waals surface area contributed by atoms with Crippen LogP contribution in [0, 0.1) is 18.3 Å². The number of sulfone groups is 1. The molecule has 0 unspecified atom stereocenters. The van der Waals surface area contributed by atoms with Crippen molar-refractivity contribution in [3.8, 4) is 17.2 Å². The number of nitrogens with zero attached hydrogens (tertiary/aromatic N) is 3. The fraction of sp³-hybridized carbons (Fsp3) is 0.280. The Labute approximate surface area is 198 Å². The third-order valence-corrected chi connectivity index (χ3v) is 6.81. The largest absolute Gasteiger partial charge is 0.381 e. The van der Waals surface area contributed by atoms with Crippen LogP contribution >= 0.6 is 0 Å². The topological polar surface area (TPSA) is 122 Å². The lowest BCUT2D eigenvalue weighted by Crippen LogP contribution is -2.16. The van der Waals surface area contributed by atoms with E-state index in [9.17, 15) is 18.5 Å². The van der Waals surface area contributed by atoms with E-state index in [-0.39, 0.29) is 16.5 Å². The number of hydrogen-bond donors (Lipinski definition) is 1. The van der Waals surface area contributed by atoms with Gasteiger partial charge in [0.25, 0.3) is 5.91 Å². The van der Waals surface area contributed by atoms with Crippen LogP contribution in [0.3, 0.4) is 0 Å². The van der Waals surface area contributed by atoms with Gasteiger partial charge in [0.1, 0.15) is 6.07 Å². The summed E-state index contributed by atoms with van der Waals surface area (Å²) in [5.41, 5.74) is 4.66. The number of nitrogens with one attached hydrogen (secondary N) is 1. The number of nitriles is 1.